The Morgan fingerprint density at radius 2 is 2.31 bits per heavy atom. The second-order valence-electron chi connectivity index (χ2n) is 3.62. The summed E-state index contributed by atoms with van der Waals surface area (Å²) in [7, 11) is 0. The van der Waals surface area contributed by atoms with E-state index >= 15 is 0 Å². The van der Waals surface area contributed by atoms with E-state index in [2.05, 4.69) is 6.92 Å². The molecule has 0 aliphatic heterocycles. The number of carbonyl (C=O) groups is 1. The highest BCUT2D eigenvalue weighted by atomic mass is 32.2. The third-order valence-electron chi connectivity index (χ3n) is 2.25. The van der Waals surface area contributed by atoms with Crippen molar-refractivity contribution in [1.29, 1.82) is 0 Å². The van der Waals surface area contributed by atoms with E-state index in [-0.39, 0.29) is 5.25 Å². The van der Waals surface area contributed by atoms with Gasteiger partial charge in [0.15, 0.2) is 0 Å². The molecule has 4 heteroatoms. The van der Waals surface area contributed by atoms with E-state index in [0.29, 0.717) is 17.7 Å². The van der Waals surface area contributed by atoms with Crippen molar-refractivity contribution >= 4 is 17.7 Å². The molecule has 0 spiro atoms. The van der Waals surface area contributed by atoms with Gasteiger partial charge in [0.05, 0.1) is 0 Å². The Balaban J connectivity index is 2.33. The first-order valence-electron chi connectivity index (χ1n) is 4.73. The molecule has 13 heavy (non-hydrogen) atoms. The van der Waals surface area contributed by atoms with E-state index in [4.69, 9.17) is 10.8 Å². The van der Waals surface area contributed by atoms with Gasteiger partial charge in [0.1, 0.15) is 5.25 Å². The molecule has 1 saturated carbocycles. The van der Waals surface area contributed by atoms with Crippen molar-refractivity contribution in [3.63, 3.8) is 0 Å². The summed E-state index contributed by atoms with van der Waals surface area (Å²) >= 11 is 1.57. The zero-order chi connectivity index (χ0) is 9.84. The lowest BCUT2D eigenvalue weighted by molar-refractivity contribution is -0.136. The van der Waals surface area contributed by atoms with Crippen LogP contribution in [0.25, 0.3) is 0 Å². The molecule has 0 saturated heterocycles. The molecule has 3 N–H and O–H groups in total. The molecule has 2 unspecified atom stereocenters. The van der Waals surface area contributed by atoms with Crippen LogP contribution in [0.5, 0.6) is 0 Å². The Morgan fingerprint density at radius 3 is 2.69 bits per heavy atom. The minimum atomic E-state index is -0.656. The maximum absolute atomic E-state index is 10.9. The number of carboxylic acids is 1. The lowest BCUT2D eigenvalue weighted by atomic mass is 10.3. The van der Waals surface area contributed by atoms with Crippen LogP contribution in [0.3, 0.4) is 0 Å². The Kier molecular flexibility index (Phi) is 4.06. The van der Waals surface area contributed by atoms with E-state index in [9.17, 15) is 4.79 Å². The lowest BCUT2D eigenvalue weighted by Crippen LogP contribution is -2.22. The lowest BCUT2D eigenvalue weighted by Gasteiger charge is -2.15. The molecule has 0 radical (unpaired) electrons. The highest BCUT2D eigenvalue weighted by Gasteiger charge is 2.37. The van der Waals surface area contributed by atoms with Gasteiger partial charge in [-0.2, -0.15) is 0 Å². The van der Waals surface area contributed by atoms with Gasteiger partial charge in [-0.1, -0.05) is 6.92 Å². The molecule has 1 fully saturated rings. The van der Waals surface area contributed by atoms with Gasteiger partial charge in [-0.25, -0.2) is 0 Å². The minimum absolute atomic E-state index is 0.193. The van der Waals surface area contributed by atoms with Crippen molar-refractivity contribution in [2.45, 2.75) is 36.7 Å². The van der Waals surface area contributed by atoms with Crippen LogP contribution in [0.4, 0.5) is 0 Å². The van der Waals surface area contributed by atoms with Gasteiger partial charge in [-0.05, 0) is 31.7 Å². The molecule has 0 amide bonds. The zero-order valence-electron chi connectivity index (χ0n) is 7.90. The SMILES string of the molecule is CC(CCN)SC(C(=O)O)C1CC1. The van der Waals surface area contributed by atoms with Gasteiger partial charge < -0.3 is 10.8 Å². The highest BCUT2D eigenvalue weighted by Crippen LogP contribution is 2.40. The Bertz CT molecular complexity index is 182. The maximum atomic E-state index is 10.9. The quantitative estimate of drug-likeness (QED) is 0.683. The van der Waals surface area contributed by atoms with Gasteiger partial charge in [-0.15, -0.1) is 11.8 Å². The third-order valence-corrected chi connectivity index (χ3v) is 3.83. The molecular formula is C9H17NO2S. The number of aliphatic carboxylic acids is 1. The maximum Gasteiger partial charge on any atom is 0.316 e. The molecule has 0 aromatic rings. The number of hydrogen-bond acceptors (Lipinski definition) is 3. The number of nitrogens with two attached hydrogens (primary N) is 1. The van der Waals surface area contributed by atoms with Crippen LogP contribution in [-0.2, 0) is 4.79 Å². The molecular weight excluding hydrogens is 186 g/mol. The molecule has 0 heterocycles. The summed E-state index contributed by atoms with van der Waals surface area (Å²) in [4.78, 5) is 10.9. The largest absolute Gasteiger partial charge is 0.480 e. The summed E-state index contributed by atoms with van der Waals surface area (Å²) in [6.07, 6.45) is 3.07. The molecule has 1 aliphatic carbocycles. The summed E-state index contributed by atoms with van der Waals surface area (Å²) in [6.45, 7) is 2.70. The smallest absolute Gasteiger partial charge is 0.316 e. The monoisotopic (exact) mass is 203 g/mol. The number of hydrogen-bond donors (Lipinski definition) is 2. The molecule has 2 atom stereocenters. The van der Waals surface area contributed by atoms with E-state index in [1.165, 1.54) is 0 Å². The van der Waals surface area contributed by atoms with Crippen LogP contribution < -0.4 is 5.73 Å². The molecule has 1 aliphatic rings. The van der Waals surface area contributed by atoms with Gasteiger partial charge in [-0.3, -0.25) is 4.79 Å². The standard InChI is InChI=1S/C9H17NO2S/c1-6(4-5-10)13-8(9(11)12)7-2-3-7/h6-8H,2-5,10H2,1H3,(H,11,12). The van der Waals surface area contributed by atoms with E-state index in [1.807, 2.05) is 0 Å². The zero-order valence-corrected chi connectivity index (χ0v) is 8.72. The topological polar surface area (TPSA) is 63.3 Å². The molecule has 0 aromatic heterocycles. The summed E-state index contributed by atoms with van der Waals surface area (Å²) < 4.78 is 0. The first-order chi connectivity index (χ1) is 6.15. The van der Waals surface area contributed by atoms with Gasteiger partial charge >= 0.3 is 5.97 Å². The predicted octanol–water partition coefficient (Wildman–Crippen LogP) is 1.32. The number of thioether (sulfide) groups is 1. The average molecular weight is 203 g/mol. The van der Waals surface area contributed by atoms with Crippen LogP contribution in [0.1, 0.15) is 26.2 Å². The Labute approximate surface area is 83.1 Å². The summed E-state index contributed by atoms with van der Waals surface area (Å²) in [6, 6.07) is 0. The molecule has 3 nitrogen and oxygen atoms in total. The van der Waals surface area contributed by atoms with Crippen molar-refractivity contribution in [3.8, 4) is 0 Å². The van der Waals surface area contributed by atoms with Crippen molar-refractivity contribution in [2.24, 2.45) is 11.7 Å². The second kappa shape index (κ2) is 4.86. The summed E-state index contributed by atoms with van der Waals surface area (Å²) in [5, 5.41) is 9.12. The molecule has 0 aromatic carbocycles. The minimum Gasteiger partial charge on any atom is -0.480 e. The summed E-state index contributed by atoms with van der Waals surface area (Å²) in [5.41, 5.74) is 5.41. The van der Waals surface area contributed by atoms with Crippen molar-refractivity contribution in [2.75, 3.05) is 6.54 Å². The first kappa shape index (κ1) is 10.9. The van der Waals surface area contributed by atoms with Crippen molar-refractivity contribution < 1.29 is 9.90 Å². The number of rotatable bonds is 6. The second-order valence-corrected chi connectivity index (χ2v) is 5.21. The molecule has 76 valence electrons. The molecule has 0 bridgehead atoms. The normalized spacial score (nSPS) is 21.1. The average Bonchev–Trinajstić information content (AvgIpc) is 2.82. The van der Waals surface area contributed by atoms with Crippen molar-refractivity contribution in [1.82, 2.24) is 0 Å². The fourth-order valence-corrected chi connectivity index (χ4v) is 2.71. The summed E-state index contributed by atoms with van der Waals surface area (Å²) in [5.74, 6) is -0.237. The Hall–Kier alpha value is -0.220. The van der Waals surface area contributed by atoms with Gasteiger partial charge in [0.25, 0.3) is 0 Å². The van der Waals surface area contributed by atoms with Crippen LogP contribution in [-0.4, -0.2) is 28.1 Å². The van der Waals surface area contributed by atoms with Crippen LogP contribution in [0.2, 0.25) is 0 Å². The van der Waals surface area contributed by atoms with E-state index in [0.717, 1.165) is 19.3 Å². The van der Waals surface area contributed by atoms with Crippen LogP contribution in [0.15, 0.2) is 0 Å². The van der Waals surface area contributed by atoms with Gasteiger partial charge in [0, 0.05) is 5.25 Å². The molecule has 1 rings (SSSR count). The first-order valence-corrected chi connectivity index (χ1v) is 5.67. The van der Waals surface area contributed by atoms with Crippen molar-refractivity contribution in [3.05, 3.63) is 0 Å². The van der Waals surface area contributed by atoms with Crippen LogP contribution >= 0.6 is 11.8 Å². The van der Waals surface area contributed by atoms with E-state index < -0.39 is 5.97 Å². The fraction of sp³-hybridized carbons (Fsp3) is 0.889. The van der Waals surface area contributed by atoms with Crippen LogP contribution in [0, 0.1) is 5.92 Å². The van der Waals surface area contributed by atoms with E-state index in [1.54, 1.807) is 11.8 Å². The Morgan fingerprint density at radius 1 is 1.69 bits per heavy atom. The number of carboxylic acid groups (broad SMARTS) is 1. The fourth-order valence-electron chi connectivity index (χ4n) is 1.32. The van der Waals surface area contributed by atoms with Gasteiger partial charge in [0.2, 0.25) is 0 Å². The highest BCUT2D eigenvalue weighted by molar-refractivity contribution is 8.01. The third kappa shape index (κ3) is 3.56. The predicted molar refractivity (Wildman–Crippen MR) is 54.9 cm³/mol.